The Hall–Kier alpha value is -1.99. The van der Waals surface area contributed by atoms with Gasteiger partial charge in [-0.25, -0.2) is 14.8 Å². The molecule has 0 radical (unpaired) electrons. The summed E-state index contributed by atoms with van der Waals surface area (Å²) in [4.78, 5) is 18.9. The maximum Gasteiger partial charge on any atom is 0.374 e. The molecule has 2 heterocycles. The molecule has 1 atom stereocenters. The summed E-state index contributed by atoms with van der Waals surface area (Å²) in [6.07, 6.45) is 0.712. The highest BCUT2D eigenvalue weighted by Gasteiger charge is 2.10. The molecule has 1 unspecified atom stereocenters. The normalized spacial score (nSPS) is 12.1. The smallest absolute Gasteiger partial charge is 0.374 e. The molecule has 0 aromatic carbocycles. The highest BCUT2D eigenvalue weighted by Crippen LogP contribution is 2.18. The number of carboxylic acids is 1. The third kappa shape index (κ3) is 3.02. The molecule has 0 saturated heterocycles. The van der Waals surface area contributed by atoms with E-state index >= 15 is 0 Å². The molecule has 0 fully saturated rings. The van der Waals surface area contributed by atoms with E-state index in [2.05, 4.69) is 15.3 Å². The maximum absolute atomic E-state index is 10.7. The van der Waals surface area contributed by atoms with Crippen LogP contribution in [0.3, 0.4) is 0 Å². The van der Waals surface area contributed by atoms with Crippen molar-refractivity contribution in [1.82, 2.24) is 9.97 Å². The van der Waals surface area contributed by atoms with Crippen LogP contribution in [0.15, 0.2) is 29.8 Å². The van der Waals surface area contributed by atoms with Gasteiger partial charge in [0.15, 0.2) is 0 Å². The molecule has 0 saturated carbocycles. The standard InChI is InChI=1S/C11H11N3O3S/c15-7(8-2-1-5-18-8)6-13-9-3-4-12-10(14-9)11(16)17/h1-5,7,15H,6H2,(H,16,17)(H,12,13,14). The van der Waals surface area contributed by atoms with Gasteiger partial charge in [0.1, 0.15) is 11.9 Å². The van der Waals surface area contributed by atoms with Gasteiger partial charge in [-0.2, -0.15) is 0 Å². The monoisotopic (exact) mass is 265 g/mol. The van der Waals surface area contributed by atoms with Crippen LogP contribution in [0.2, 0.25) is 0 Å². The molecule has 0 aliphatic rings. The predicted molar refractivity (Wildman–Crippen MR) is 66.8 cm³/mol. The zero-order valence-corrected chi connectivity index (χ0v) is 10.1. The number of aliphatic hydroxyl groups is 1. The minimum atomic E-state index is -1.18. The van der Waals surface area contributed by atoms with E-state index in [1.165, 1.54) is 17.5 Å². The molecular formula is C11H11N3O3S. The molecule has 0 aliphatic heterocycles. The summed E-state index contributed by atoms with van der Waals surface area (Å²) in [6.45, 7) is 0.261. The van der Waals surface area contributed by atoms with Gasteiger partial charge >= 0.3 is 5.97 Å². The van der Waals surface area contributed by atoms with Crippen molar-refractivity contribution in [2.45, 2.75) is 6.10 Å². The molecule has 94 valence electrons. The summed E-state index contributed by atoms with van der Waals surface area (Å²) in [6, 6.07) is 5.24. The third-order valence-electron chi connectivity index (χ3n) is 2.20. The number of aromatic nitrogens is 2. The van der Waals surface area contributed by atoms with E-state index < -0.39 is 12.1 Å². The van der Waals surface area contributed by atoms with Gasteiger partial charge in [-0.1, -0.05) is 6.07 Å². The molecule has 18 heavy (non-hydrogen) atoms. The van der Waals surface area contributed by atoms with Crippen molar-refractivity contribution < 1.29 is 15.0 Å². The number of rotatable bonds is 5. The van der Waals surface area contributed by atoms with Gasteiger partial charge in [-0.05, 0) is 17.5 Å². The Morgan fingerprint density at radius 1 is 1.50 bits per heavy atom. The van der Waals surface area contributed by atoms with Crippen molar-refractivity contribution in [1.29, 1.82) is 0 Å². The van der Waals surface area contributed by atoms with E-state index in [-0.39, 0.29) is 12.4 Å². The van der Waals surface area contributed by atoms with Gasteiger partial charge in [0.25, 0.3) is 0 Å². The molecule has 0 amide bonds. The number of thiophene rings is 1. The molecule has 2 aromatic heterocycles. The molecule has 2 aromatic rings. The summed E-state index contributed by atoms with van der Waals surface area (Å²) >= 11 is 1.46. The second kappa shape index (κ2) is 5.56. The first kappa shape index (κ1) is 12.5. The van der Waals surface area contributed by atoms with Crippen molar-refractivity contribution in [2.75, 3.05) is 11.9 Å². The van der Waals surface area contributed by atoms with Crippen LogP contribution in [0.25, 0.3) is 0 Å². The lowest BCUT2D eigenvalue weighted by molar-refractivity contribution is 0.0683. The van der Waals surface area contributed by atoms with Crippen LogP contribution in [0, 0.1) is 0 Å². The summed E-state index contributed by atoms with van der Waals surface area (Å²) < 4.78 is 0. The molecule has 0 bridgehead atoms. The molecule has 7 heteroatoms. The number of anilines is 1. The second-order valence-corrected chi connectivity index (χ2v) is 4.46. The van der Waals surface area contributed by atoms with Gasteiger partial charge < -0.3 is 15.5 Å². The van der Waals surface area contributed by atoms with Crippen molar-refractivity contribution in [2.24, 2.45) is 0 Å². The van der Waals surface area contributed by atoms with Gasteiger partial charge in [0.2, 0.25) is 5.82 Å². The fraction of sp³-hybridized carbons (Fsp3) is 0.182. The molecule has 0 aliphatic carbocycles. The first-order valence-corrected chi connectivity index (χ1v) is 6.06. The Labute approximate surface area is 107 Å². The Bertz CT molecular complexity index is 530. The molecular weight excluding hydrogens is 254 g/mol. The Balaban J connectivity index is 1.98. The highest BCUT2D eigenvalue weighted by atomic mass is 32.1. The minimum absolute atomic E-state index is 0.261. The first-order chi connectivity index (χ1) is 8.66. The van der Waals surface area contributed by atoms with Crippen molar-refractivity contribution in [3.05, 3.63) is 40.5 Å². The van der Waals surface area contributed by atoms with Gasteiger partial charge in [-0.3, -0.25) is 0 Å². The predicted octanol–water partition coefficient (Wildman–Crippen LogP) is 1.38. The Kier molecular flexibility index (Phi) is 3.85. The second-order valence-electron chi connectivity index (χ2n) is 3.48. The van der Waals surface area contributed by atoms with E-state index in [1.54, 1.807) is 6.07 Å². The van der Waals surface area contributed by atoms with Crippen molar-refractivity contribution >= 4 is 23.1 Å². The number of carboxylic acid groups (broad SMARTS) is 1. The van der Waals surface area contributed by atoms with Crippen LogP contribution in [0.4, 0.5) is 5.82 Å². The average Bonchev–Trinajstić information content (AvgIpc) is 2.90. The van der Waals surface area contributed by atoms with E-state index in [4.69, 9.17) is 5.11 Å². The Morgan fingerprint density at radius 3 is 3.00 bits per heavy atom. The fourth-order valence-electron chi connectivity index (χ4n) is 1.34. The van der Waals surface area contributed by atoms with Gasteiger partial charge in [0, 0.05) is 17.6 Å². The lowest BCUT2D eigenvalue weighted by atomic mass is 10.3. The topological polar surface area (TPSA) is 95.3 Å². The first-order valence-electron chi connectivity index (χ1n) is 5.18. The lowest BCUT2D eigenvalue weighted by Gasteiger charge is -2.10. The van der Waals surface area contributed by atoms with Crippen LogP contribution >= 0.6 is 11.3 Å². The number of hydrogen-bond acceptors (Lipinski definition) is 6. The number of hydrogen-bond donors (Lipinski definition) is 3. The number of carbonyl (C=O) groups is 1. The quantitative estimate of drug-likeness (QED) is 0.756. The molecule has 6 nitrogen and oxygen atoms in total. The number of aromatic carboxylic acids is 1. The maximum atomic E-state index is 10.7. The van der Waals surface area contributed by atoms with E-state index in [1.807, 2.05) is 17.5 Å². The van der Waals surface area contributed by atoms with E-state index in [9.17, 15) is 9.90 Å². The molecule has 2 rings (SSSR count). The minimum Gasteiger partial charge on any atom is -0.475 e. The third-order valence-corrected chi connectivity index (χ3v) is 3.17. The van der Waals surface area contributed by atoms with Gasteiger partial charge in [-0.15, -0.1) is 11.3 Å². The largest absolute Gasteiger partial charge is 0.475 e. The number of nitrogens with zero attached hydrogens (tertiary/aromatic N) is 2. The van der Waals surface area contributed by atoms with Crippen molar-refractivity contribution in [3.63, 3.8) is 0 Å². The van der Waals surface area contributed by atoms with Crippen LogP contribution in [0.5, 0.6) is 0 Å². The van der Waals surface area contributed by atoms with Crippen LogP contribution in [-0.2, 0) is 0 Å². The molecule has 3 N–H and O–H groups in total. The number of nitrogens with one attached hydrogen (secondary N) is 1. The van der Waals surface area contributed by atoms with Crippen LogP contribution in [0.1, 0.15) is 21.6 Å². The SMILES string of the molecule is O=C(O)c1nccc(NCC(O)c2cccs2)n1. The summed E-state index contributed by atoms with van der Waals surface area (Å²) in [5, 5.41) is 23.3. The summed E-state index contributed by atoms with van der Waals surface area (Å²) in [7, 11) is 0. The van der Waals surface area contributed by atoms with E-state index in [0.717, 1.165) is 4.88 Å². The lowest BCUT2D eigenvalue weighted by Crippen LogP contribution is -2.13. The summed E-state index contributed by atoms with van der Waals surface area (Å²) in [5.41, 5.74) is 0. The van der Waals surface area contributed by atoms with Crippen molar-refractivity contribution in [3.8, 4) is 0 Å². The van der Waals surface area contributed by atoms with Crippen LogP contribution in [-0.4, -0.2) is 32.7 Å². The van der Waals surface area contributed by atoms with E-state index in [0.29, 0.717) is 5.82 Å². The zero-order valence-electron chi connectivity index (χ0n) is 9.28. The zero-order chi connectivity index (χ0) is 13.0. The fourth-order valence-corrected chi connectivity index (χ4v) is 2.05. The average molecular weight is 265 g/mol. The van der Waals surface area contributed by atoms with Crippen LogP contribution < -0.4 is 5.32 Å². The molecule has 0 spiro atoms. The van der Waals surface area contributed by atoms with Gasteiger partial charge in [0.05, 0.1) is 0 Å². The summed E-state index contributed by atoms with van der Waals surface area (Å²) in [5.74, 6) is -1.08. The highest BCUT2D eigenvalue weighted by molar-refractivity contribution is 7.10. The Morgan fingerprint density at radius 2 is 2.33 bits per heavy atom. The number of aliphatic hydroxyl groups excluding tert-OH is 1.